The number of alkyl halides is 6. The molecule has 3 heterocycles. The van der Waals surface area contributed by atoms with Crippen LogP contribution in [-0.2, 0) is 29.1 Å². The van der Waals surface area contributed by atoms with Gasteiger partial charge in [-0.25, -0.2) is 18.4 Å². The summed E-state index contributed by atoms with van der Waals surface area (Å²) in [7, 11) is 2.08. The number of ketones is 1. The van der Waals surface area contributed by atoms with Crippen molar-refractivity contribution in [2.75, 3.05) is 32.6 Å². The lowest BCUT2D eigenvalue weighted by Gasteiger charge is -2.19. The maximum absolute atomic E-state index is 14.7. The van der Waals surface area contributed by atoms with Gasteiger partial charge in [0, 0.05) is 63.3 Å². The summed E-state index contributed by atoms with van der Waals surface area (Å²) >= 11 is 6.07. The van der Waals surface area contributed by atoms with Crippen LogP contribution in [0, 0.1) is 11.6 Å². The molecule has 7 aromatic rings. The Labute approximate surface area is 510 Å². The summed E-state index contributed by atoms with van der Waals surface area (Å²) in [5, 5.41) is 18.6. The Kier molecular flexibility index (Phi) is 21.4. The predicted molar refractivity (Wildman–Crippen MR) is 307 cm³/mol. The zero-order valence-electron chi connectivity index (χ0n) is 45.0. The zero-order chi connectivity index (χ0) is 63.3. The highest BCUT2D eigenvalue weighted by atomic mass is 79.9. The molecule has 2 aliphatic rings. The molecule has 6 aromatic carbocycles. The number of aromatic carboxylic acids is 2. The Morgan fingerprint density at radius 3 is 1.47 bits per heavy atom. The third-order valence-electron chi connectivity index (χ3n) is 13.4. The van der Waals surface area contributed by atoms with Gasteiger partial charge in [0.25, 0.3) is 23.6 Å². The number of anilines is 1. The fraction of sp³-hybridized carbons (Fsp3) is 0.190. The first-order valence-electron chi connectivity index (χ1n) is 25.2. The van der Waals surface area contributed by atoms with E-state index in [0.29, 0.717) is 54.4 Å². The topological polar surface area (TPSA) is 261 Å². The molecule has 0 fully saturated rings. The predicted octanol–water partition coefficient (Wildman–Crippen LogP) is 11.3. The van der Waals surface area contributed by atoms with E-state index >= 15 is 0 Å². The van der Waals surface area contributed by atoms with E-state index in [-0.39, 0.29) is 123 Å². The van der Waals surface area contributed by atoms with Crippen LogP contribution in [-0.4, -0.2) is 127 Å². The molecule has 18 nitrogen and oxygen atoms in total. The molecular formula is C58H46Br2ClF8N7O11. The van der Waals surface area contributed by atoms with E-state index in [1.165, 1.54) is 54.6 Å². The average Bonchev–Trinajstić information content (AvgIpc) is 1.70. The fourth-order valence-electron chi connectivity index (χ4n) is 9.21. The van der Waals surface area contributed by atoms with Crippen LogP contribution in [0.1, 0.15) is 102 Å². The maximum atomic E-state index is 14.7. The number of Topliss-reactive ketones (excluding diaryl/α,β-unsaturated/α-hetero) is 1. The minimum absolute atomic E-state index is 0. The van der Waals surface area contributed by atoms with Gasteiger partial charge in [-0.05, 0) is 109 Å². The second kappa shape index (κ2) is 27.7. The Hall–Kier alpha value is -8.86. The molecule has 0 saturated heterocycles. The van der Waals surface area contributed by atoms with Gasteiger partial charge in [0.2, 0.25) is 0 Å². The lowest BCUT2D eigenvalue weighted by atomic mass is 9.98. The number of carboxylic acid groups (broad SMARTS) is 2. The summed E-state index contributed by atoms with van der Waals surface area (Å²) < 4.78 is 103. The monoisotopic (exact) mass is 1360 g/mol. The highest BCUT2D eigenvalue weighted by molar-refractivity contribution is 9.11. The van der Waals surface area contributed by atoms with Gasteiger partial charge in [-0.1, -0.05) is 72.8 Å². The number of imide groups is 2. The number of hydrazine groups is 1. The third-order valence-corrected chi connectivity index (χ3v) is 15.0. The quantitative estimate of drug-likeness (QED) is 0.0198. The fourth-order valence-corrected chi connectivity index (χ4v) is 9.97. The van der Waals surface area contributed by atoms with Crippen molar-refractivity contribution in [1.29, 1.82) is 0 Å². The molecule has 0 bridgehead atoms. The molecule has 0 spiro atoms. The first-order chi connectivity index (χ1) is 40.4. The molecule has 2 aliphatic heterocycles. The lowest BCUT2D eigenvalue weighted by Crippen LogP contribution is -2.37. The summed E-state index contributed by atoms with van der Waals surface area (Å²) in [5.74, 6) is -4.96. The molecule has 0 aliphatic carbocycles. The minimum Gasteiger partial charge on any atom is -0.478 e. The SMILES string of the molecule is CN(Cc1ccc(-c2[nH]c3c(Br)c(F)cc(C(=O)O)c3c2CCN2C(=O)c3ccccc3C2=O)cc1)C(=O)C(F)(F)F.CN(Cc1ccc(C(=O)CCCN2C(=O)c3ccccc3C2=O)cc1)C(=O)C(F)(F)F.Cl.NNc1cc(C(=O)O)cc(F)c1Br. The lowest BCUT2D eigenvalue weighted by molar-refractivity contribution is -0.184. The number of hydrogen-bond acceptors (Lipinski definition) is 11. The molecule has 0 unspecified atom stereocenters. The van der Waals surface area contributed by atoms with E-state index in [9.17, 15) is 83.4 Å². The van der Waals surface area contributed by atoms with Crippen molar-refractivity contribution >= 4 is 114 Å². The van der Waals surface area contributed by atoms with Crippen molar-refractivity contribution < 1.29 is 88.5 Å². The van der Waals surface area contributed by atoms with Gasteiger partial charge in [-0.2, -0.15) is 26.3 Å². The molecule has 6 amide bonds. The molecule has 9 rings (SSSR count). The van der Waals surface area contributed by atoms with Gasteiger partial charge in [0.05, 0.1) is 53.5 Å². The Morgan fingerprint density at radius 2 is 1.05 bits per heavy atom. The number of rotatable bonds is 16. The van der Waals surface area contributed by atoms with Gasteiger partial charge in [0.15, 0.2) is 5.78 Å². The number of carboxylic acids is 2. The zero-order valence-corrected chi connectivity index (χ0v) is 49.0. The number of nitrogens with zero attached hydrogens (tertiary/aromatic N) is 4. The molecule has 0 saturated carbocycles. The number of nitrogens with one attached hydrogen (secondary N) is 2. The smallest absolute Gasteiger partial charge is 0.471 e. The number of hydrogen-bond donors (Lipinski definition) is 5. The first kappa shape index (κ1) is 67.3. The molecule has 29 heteroatoms. The largest absolute Gasteiger partial charge is 0.478 e. The summed E-state index contributed by atoms with van der Waals surface area (Å²) in [6.07, 6.45) is -9.57. The van der Waals surface area contributed by atoms with Crippen molar-refractivity contribution in [2.45, 2.75) is 44.7 Å². The van der Waals surface area contributed by atoms with Crippen molar-refractivity contribution in [3.8, 4) is 11.3 Å². The van der Waals surface area contributed by atoms with Crippen LogP contribution in [0.15, 0.2) is 124 Å². The standard InChI is InChI=1S/C29H20BrF4N3O5.C22H19F3N2O4.C7H6BrFN2O2.ClH/c1-36(28(42)29(32,33)34)13-14-6-8-15(9-7-14)23-18(21-19(27(40)41)12-20(31)22(30)24(21)35-23)10-11-37-25(38)16-4-2-3-5-17(16)26(37)39;1-26(21(31)22(23,24)25)13-14-8-10-15(11-9-14)18(28)7-4-12-27-19(29)16-5-2-3-6-17(16)20(27)30;8-6-4(9)1-3(7(12)13)2-5(6)11-10;/h2-9,12,35H,10-11,13H2,1H3,(H,40,41);2-3,5-6,8-11H,4,7,12-13H2,1H3;1-2,11H,10H2,(H,12,13);1H. The number of fused-ring (bicyclic) bond motifs is 3. The number of carbonyl (C=O) groups is 9. The number of aromatic nitrogens is 1. The molecule has 456 valence electrons. The van der Waals surface area contributed by atoms with Gasteiger partial charge >= 0.3 is 36.1 Å². The van der Waals surface area contributed by atoms with E-state index in [4.69, 9.17) is 10.9 Å². The Balaban J connectivity index is 0.000000235. The van der Waals surface area contributed by atoms with E-state index in [1.807, 2.05) is 0 Å². The summed E-state index contributed by atoms with van der Waals surface area (Å²) in [6, 6.07) is 27.9. The molecule has 6 N–H and O–H groups in total. The van der Waals surface area contributed by atoms with Crippen LogP contribution in [0.2, 0.25) is 0 Å². The van der Waals surface area contributed by atoms with Crippen LogP contribution in [0.5, 0.6) is 0 Å². The number of aromatic amines is 1. The van der Waals surface area contributed by atoms with Crippen molar-refractivity contribution in [3.63, 3.8) is 0 Å². The van der Waals surface area contributed by atoms with Crippen LogP contribution in [0.3, 0.4) is 0 Å². The van der Waals surface area contributed by atoms with E-state index in [1.54, 1.807) is 48.5 Å². The van der Waals surface area contributed by atoms with Gasteiger partial charge < -0.3 is 30.4 Å². The number of amides is 6. The highest BCUT2D eigenvalue weighted by Crippen LogP contribution is 2.39. The minimum atomic E-state index is -5.02. The first-order valence-corrected chi connectivity index (χ1v) is 26.7. The van der Waals surface area contributed by atoms with Crippen LogP contribution in [0.4, 0.5) is 40.8 Å². The van der Waals surface area contributed by atoms with E-state index in [2.05, 4.69) is 42.3 Å². The Morgan fingerprint density at radius 1 is 0.609 bits per heavy atom. The number of H-pyrrole nitrogens is 1. The number of nitrogen functional groups attached to an aromatic ring is 1. The van der Waals surface area contributed by atoms with Crippen molar-refractivity contribution in [2.24, 2.45) is 5.84 Å². The van der Waals surface area contributed by atoms with Crippen LogP contribution >= 0.6 is 44.3 Å². The molecular weight excluding hydrogens is 1320 g/mol. The number of halogens is 11. The van der Waals surface area contributed by atoms with Gasteiger partial charge in [-0.3, -0.25) is 49.2 Å². The highest BCUT2D eigenvalue weighted by Gasteiger charge is 2.42. The summed E-state index contributed by atoms with van der Waals surface area (Å²) in [4.78, 5) is 114. The van der Waals surface area contributed by atoms with Gasteiger partial charge in [0.1, 0.15) is 11.6 Å². The second-order valence-corrected chi connectivity index (χ2v) is 20.7. The molecule has 0 atom stereocenters. The maximum Gasteiger partial charge on any atom is 0.471 e. The van der Waals surface area contributed by atoms with E-state index in [0.717, 1.165) is 36.0 Å². The summed E-state index contributed by atoms with van der Waals surface area (Å²) in [6.45, 7) is -0.562. The number of carbonyl (C=O) groups excluding carboxylic acids is 7. The average molecular weight is 1360 g/mol. The molecule has 87 heavy (non-hydrogen) atoms. The van der Waals surface area contributed by atoms with Crippen LogP contribution in [0.25, 0.3) is 22.2 Å². The van der Waals surface area contributed by atoms with E-state index < -0.39 is 59.6 Å². The Bertz CT molecular complexity index is 3820. The molecule has 0 radical (unpaired) electrons. The van der Waals surface area contributed by atoms with Crippen molar-refractivity contribution in [1.82, 2.24) is 24.6 Å². The number of benzene rings is 6. The normalized spacial score (nSPS) is 12.6. The van der Waals surface area contributed by atoms with Crippen molar-refractivity contribution in [3.05, 3.63) is 191 Å². The number of nitrogens with two attached hydrogens (primary N) is 1. The van der Waals surface area contributed by atoms with Crippen LogP contribution < -0.4 is 11.3 Å². The second-order valence-electron chi connectivity index (χ2n) is 19.1. The third kappa shape index (κ3) is 15.0. The summed E-state index contributed by atoms with van der Waals surface area (Å²) in [5.41, 5.74) is 5.63. The molecule has 1 aromatic heterocycles. The van der Waals surface area contributed by atoms with Gasteiger partial charge in [-0.15, -0.1) is 12.4 Å².